The van der Waals surface area contributed by atoms with E-state index in [2.05, 4.69) is 15.6 Å². The number of carbonyl (C=O) groups excluding carboxylic acids is 1. The van der Waals surface area contributed by atoms with Crippen LogP contribution >= 0.6 is 23.7 Å². The van der Waals surface area contributed by atoms with Gasteiger partial charge in [-0.3, -0.25) is 9.20 Å². The summed E-state index contributed by atoms with van der Waals surface area (Å²) >= 11 is 1.53. The zero-order valence-electron chi connectivity index (χ0n) is 14.9. The molecule has 3 aromatic rings. The fourth-order valence-electron chi connectivity index (χ4n) is 3.33. The summed E-state index contributed by atoms with van der Waals surface area (Å²) in [6, 6.07) is 1.83. The molecule has 3 aromatic heterocycles. The molecule has 0 radical (unpaired) electrons. The molecule has 1 amide bonds. The number of piperidine rings is 1. The molecule has 0 aromatic carbocycles. The van der Waals surface area contributed by atoms with Gasteiger partial charge >= 0.3 is 5.63 Å². The first-order valence-electron chi connectivity index (χ1n) is 8.66. The number of carbonyl (C=O) groups is 1. The smallest absolute Gasteiger partial charge is 0.349 e. The summed E-state index contributed by atoms with van der Waals surface area (Å²) in [7, 11) is 0. The predicted octanol–water partition coefficient (Wildman–Crippen LogP) is 2.48. The molecule has 0 saturated carbocycles. The number of fused-ring (bicyclic) bond motifs is 1. The van der Waals surface area contributed by atoms with Crippen molar-refractivity contribution in [2.24, 2.45) is 0 Å². The third-order valence-electron chi connectivity index (χ3n) is 4.71. The Kier molecular flexibility index (Phi) is 5.98. The Morgan fingerprint density at radius 2 is 2.22 bits per heavy atom. The third-order valence-corrected chi connectivity index (χ3v) is 5.48. The number of aromatic nitrogens is 2. The highest BCUT2D eigenvalue weighted by Gasteiger charge is 2.22. The van der Waals surface area contributed by atoms with Gasteiger partial charge in [-0.15, -0.1) is 23.7 Å². The summed E-state index contributed by atoms with van der Waals surface area (Å²) in [5, 5.41) is 8.01. The minimum absolute atomic E-state index is 0. The molecule has 1 saturated heterocycles. The van der Waals surface area contributed by atoms with Gasteiger partial charge in [0.05, 0.1) is 12.2 Å². The average Bonchev–Trinajstić information content (AvgIpc) is 3.21. The van der Waals surface area contributed by atoms with Gasteiger partial charge in [0, 0.05) is 23.7 Å². The Bertz CT molecular complexity index is 975. The molecule has 0 atom stereocenters. The highest BCUT2D eigenvalue weighted by molar-refractivity contribution is 7.15. The fraction of sp³-hybridized carbons (Fsp3) is 0.389. The van der Waals surface area contributed by atoms with Crippen molar-refractivity contribution in [3.63, 3.8) is 0 Å². The van der Waals surface area contributed by atoms with Crippen molar-refractivity contribution in [3.05, 3.63) is 56.8 Å². The van der Waals surface area contributed by atoms with Crippen molar-refractivity contribution in [2.75, 3.05) is 13.1 Å². The maximum atomic E-state index is 12.5. The summed E-state index contributed by atoms with van der Waals surface area (Å²) in [6.45, 7) is 3.88. The molecule has 1 aliphatic heterocycles. The van der Waals surface area contributed by atoms with Crippen LogP contribution in [0.5, 0.6) is 0 Å². The van der Waals surface area contributed by atoms with Gasteiger partial charge in [0.2, 0.25) is 0 Å². The van der Waals surface area contributed by atoms with Crippen LogP contribution in [0, 0.1) is 6.92 Å². The first-order valence-corrected chi connectivity index (χ1v) is 9.54. The average molecular weight is 409 g/mol. The number of nitrogens with zero attached hydrogens (tertiary/aromatic N) is 2. The van der Waals surface area contributed by atoms with E-state index in [0.717, 1.165) is 36.6 Å². The zero-order valence-corrected chi connectivity index (χ0v) is 16.5. The van der Waals surface area contributed by atoms with E-state index in [9.17, 15) is 9.59 Å². The minimum Gasteiger partial charge on any atom is -0.427 e. The van der Waals surface area contributed by atoms with Crippen LogP contribution in [-0.2, 0) is 6.54 Å². The first kappa shape index (κ1) is 19.6. The van der Waals surface area contributed by atoms with Crippen LogP contribution in [0.2, 0.25) is 0 Å². The van der Waals surface area contributed by atoms with E-state index in [1.165, 1.54) is 11.3 Å². The lowest BCUT2D eigenvalue weighted by molar-refractivity contribution is 0.0945. The molecule has 144 valence electrons. The molecular weight excluding hydrogens is 388 g/mol. The molecule has 0 aliphatic carbocycles. The molecular formula is C18H21ClN4O3S. The van der Waals surface area contributed by atoms with Crippen LogP contribution in [0.15, 0.2) is 33.1 Å². The number of thiazole rings is 1. The van der Waals surface area contributed by atoms with Gasteiger partial charge < -0.3 is 15.1 Å². The highest BCUT2D eigenvalue weighted by atomic mass is 35.5. The maximum Gasteiger partial charge on any atom is 0.349 e. The molecule has 1 aliphatic rings. The molecule has 0 unspecified atom stereocenters. The van der Waals surface area contributed by atoms with E-state index in [0.29, 0.717) is 11.3 Å². The predicted molar refractivity (Wildman–Crippen MR) is 106 cm³/mol. The monoisotopic (exact) mass is 408 g/mol. The van der Waals surface area contributed by atoms with Crippen molar-refractivity contribution in [2.45, 2.75) is 32.2 Å². The van der Waals surface area contributed by atoms with E-state index in [1.54, 1.807) is 6.92 Å². The standard InChI is InChI=1S/C18H20N4O3S.ClH/c1-11-8-14(12-2-4-19-5-3-12)25-17(24)15(11)16(23)20-9-13-10-22-6-7-26-18(22)21-13;/h6-8,10,12,19H,2-5,9H2,1H3,(H,20,23);1H. The van der Waals surface area contributed by atoms with Crippen molar-refractivity contribution >= 4 is 34.6 Å². The van der Waals surface area contributed by atoms with Gasteiger partial charge in [-0.1, -0.05) is 0 Å². The van der Waals surface area contributed by atoms with E-state index in [4.69, 9.17) is 4.42 Å². The SMILES string of the molecule is Cc1cc(C2CCNCC2)oc(=O)c1C(=O)NCc1cn2ccsc2n1.Cl. The van der Waals surface area contributed by atoms with E-state index >= 15 is 0 Å². The number of hydrogen-bond acceptors (Lipinski definition) is 6. The molecule has 4 heterocycles. The number of hydrogen-bond donors (Lipinski definition) is 2. The van der Waals surface area contributed by atoms with Crippen molar-refractivity contribution in [3.8, 4) is 0 Å². The lowest BCUT2D eigenvalue weighted by Crippen LogP contribution is -2.30. The van der Waals surface area contributed by atoms with Crippen molar-refractivity contribution in [1.29, 1.82) is 0 Å². The zero-order chi connectivity index (χ0) is 18.1. The molecule has 9 heteroatoms. The van der Waals surface area contributed by atoms with Gasteiger partial charge in [-0.25, -0.2) is 9.78 Å². The number of aryl methyl sites for hydroxylation is 1. The van der Waals surface area contributed by atoms with Crippen molar-refractivity contribution < 1.29 is 9.21 Å². The maximum absolute atomic E-state index is 12.5. The number of amides is 1. The minimum atomic E-state index is -0.568. The normalized spacial score (nSPS) is 14.9. The number of rotatable bonds is 4. The summed E-state index contributed by atoms with van der Waals surface area (Å²) in [6.07, 6.45) is 5.65. The van der Waals surface area contributed by atoms with Crippen LogP contribution in [0.25, 0.3) is 4.96 Å². The number of imidazole rings is 1. The number of nitrogens with one attached hydrogen (secondary N) is 2. The lowest BCUT2D eigenvalue weighted by Gasteiger charge is -2.21. The molecule has 7 nitrogen and oxygen atoms in total. The van der Waals surface area contributed by atoms with Crippen LogP contribution in [-0.4, -0.2) is 28.4 Å². The van der Waals surface area contributed by atoms with Gasteiger partial charge in [-0.2, -0.15) is 0 Å². The second kappa shape index (κ2) is 8.24. The summed E-state index contributed by atoms with van der Waals surface area (Å²) in [4.78, 5) is 30.2. The van der Waals surface area contributed by atoms with Crippen LogP contribution in [0.4, 0.5) is 0 Å². The summed E-state index contributed by atoms with van der Waals surface area (Å²) in [5.41, 5.74) is 0.905. The van der Waals surface area contributed by atoms with Crippen LogP contribution < -0.4 is 16.3 Å². The number of halogens is 1. The fourth-order valence-corrected chi connectivity index (χ4v) is 4.05. The molecule has 0 bridgehead atoms. The molecule has 4 rings (SSSR count). The van der Waals surface area contributed by atoms with E-state index in [-0.39, 0.29) is 30.4 Å². The second-order valence-corrected chi connectivity index (χ2v) is 7.40. The quantitative estimate of drug-likeness (QED) is 0.692. The van der Waals surface area contributed by atoms with Crippen LogP contribution in [0.1, 0.15) is 46.1 Å². The van der Waals surface area contributed by atoms with E-state index in [1.807, 2.05) is 28.2 Å². The Labute approximate surface area is 166 Å². The topological polar surface area (TPSA) is 88.6 Å². The lowest BCUT2D eigenvalue weighted by atomic mass is 9.94. The molecule has 2 N–H and O–H groups in total. The van der Waals surface area contributed by atoms with Gasteiger partial charge in [0.1, 0.15) is 11.3 Å². The Morgan fingerprint density at radius 1 is 1.44 bits per heavy atom. The summed E-state index contributed by atoms with van der Waals surface area (Å²) in [5.74, 6) is 0.489. The molecule has 1 fully saturated rings. The highest BCUT2D eigenvalue weighted by Crippen LogP contribution is 2.25. The van der Waals surface area contributed by atoms with Crippen LogP contribution in [0.3, 0.4) is 0 Å². The largest absolute Gasteiger partial charge is 0.427 e. The van der Waals surface area contributed by atoms with Gasteiger partial charge in [0.25, 0.3) is 5.91 Å². The Hall–Kier alpha value is -2.16. The van der Waals surface area contributed by atoms with E-state index < -0.39 is 11.5 Å². The third kappa shape index (κ3) is 4.07. The second-order valence-electron chi connectivity index (χ2n) is 6.53. The first-order chi connectivity index (χ1) is 12.6. The van der Waals surface area contributed by atoms with Gasteiger partial charge in [-0.05, 0) is 44.5 Å². The molecule has 0 spiro atoms. The van der Waals surface area contributed by atoms with Crippen molar-refractivity contribution in [1.82, 2.24) is 20.0 Å². The molecule has 27 heavy (non-hydrogen) atoms. The Balaban J connectivity index is 0.00000210. The Morgan fingerprint density at radius 3 is 2.93 bits per heavy atom. The summed E-state index contributed by atoms with van der Waals surface area (Å²) < 4.78 is 7.38. The van der Waals surface area contributed by atoms with Gasteiger partial charge in [0.15, 0.2) is 4.96 Å².